The zero-order chi connectivity index (χ0) is 7.94. The first-order valence-electron chi connectivity index (χ1n) is 4.66. The van der Waals surface area contributed by atoms with Crippen molar-refractivity contribution in [3.8, 4) is 0 Å². The first-order chi connectivity index (χ1) is 5.43. The Balaban J connectivity index is 1.96. The molecule has 1 rings (SSSR count). The van der Waals surface area contributed by atoms with E-state index >= 15 is 0 Å². The van der Waals surface area contributed by atoms with E-state index in [9.17, 15) is 0 Å². The van der Waals surface area contributed by atoms with Crippen molar-refractivity contribution in [1.82, 2.24) is 0 Å². The van der Waals surface area contributed by atoms with Crippen LogP contribution in [-0.2, 0) is 4.74 Å². The number of hydrogen-bond acceptors (Lipinski definition) is 2. The van der Waals surface area contributed by atoms with Crippen LogP contribution >= 0.6 is 0 Å². The normalized spacial score (nSPS) is 25.4. The van der Waals surface area contributed by atoms with Gasteiger partial charge in [0.05, 0.1) is 6.10 Å². The van der Waals surface area contributed by atoms with Crippen molar-refractivity contribution in [2.75, 3.05) is 13.2 Å². The molecule has 0 aromatic heterocycles. The lowest BCUT2D eigenvalue weighted by Crippen LogP contribution is -2.18. The van der Waals surface area contributed by atoms with Gasteiger partial charge in [-0.1, -0.05) is 0 Å². The lowest BCUT2D eigenvalue weighted by Gasteiger charge is -2.22. The molecule has 11 heavy (non-hydrogen) atoms. The van der Waals surface area contributed by atoms with E-state index in [-0.39, 0.29) is 0 Å². The lowest BCUT2D eigenvalue weighted by atomic mass is 10.0. The molecule has 2 nitrogen and oxygen atoms in total. The Morgan fingerprint density at radius 2 is 2.18 bits per heavy atom. The van der Waals surface area contributed by atoms with Crippen LogP contribution in [0.25, 0.3) is 0 Å². The zero-order valence-electron chi connectivity index (χ0n) is 7.09. The van der Waals surface area contributed by atoms with E-state index < -0.39 is 0 Å². The van der Waals surface area contributed by atoms with E-state index in [4.69, 9.17) is 9.84 Å². The third kappa shape index (κ3) is 3.73. The van der Waals surface area contributed by atoms with Gasteiger partial charge in [-0.15, -0.1) is 0 Å². The fourth-order valence-electron chi connectivity index (χ4n) is 1.52. The van der Waals surface area contributed by atoms with Crippen molar-refractivity contribution in [3.05, 3.63) is 0 Å². The van der Waals surface area contributed by atoms with E-state index in [1.165, 1.54) is 19.3 Å². The fraction of sp³-hybridized carbons (Fsp3) is 1.00. The number of ether oxygens (including phenoxy) is 1. The Labute approximate surface area is 68.6 Å². The summed E-state index contributed by atoms with van der Waals surface area (Å²) in [6.45, 7) is 1.27. The number of hydrogen-bond donors (Lipinski definition) is 1. The minimum absolute atomic E-state index is 0.326. The van der Waals surface area contributed by atoms with Gasteiger partial charge in [-0.25, -0.2) is 0 Å². The Hall–Kier alpha value is -0.0800. The second-order valence-corrected chi connectivity index (χ2v) is 3.21. The third-order valence-electron chi connectivity index (χ3n) is 2.21. The summed E-state index contributed by atoms with van der Waals surface area (Å²) in [4.78, 5) is 0. The molecule has 1 atom stereocenters. The Morgan fingerprint density at radius 3 is 2.82 bits per heavy atom. The summed E-state index contributed by atoms with van der Waals surface area (Å²) < 4.78 is 5.54. The summed E-state index contributed by atoms with van der Waals surface area (Å²) in [5, 5.41) is 8.55. The van der Waals surface area contributed by atoms with Crippen molar-refractivity contribution in [2.45, 2.75) is 44.6 Å². The van der Waals surface area contributed by atoms with Crippen molar-refractivity contribution in [1.29, 1.82) is 0 Å². The highest BCUT2D eigenvalue weighted by Crippen LogP contribution is 2.17. The highest BCUT2D eigenvalue weighted by molar-refractivity contribution is 4.63. The predicted octanol–water partition coefficient (Wildman–Crippen LogP) is 1.72. The van der Waals surface area contributed by atoms with Crippen molar-refractivity contribution in [2.24, 2.45) is 0 Å². The minimum atomic E-state index is 0.326. The van der Waals surface area contributed by atoms with Crippen LogP contribution in [0.1, 0.15) is 38.5 Å². The topological polar surface area (TPSA) is 29.5 Å². The smallest absolute Gasteiger partial charge is 0.0575 e. The van der Waals surface area contributed by atoms with Gasteiger partial charge in [0.15, 0.2) is 0 Å². The molecule has 0 aromatic rings. The summed E-state index contributed by atoms with van der Waals surface area (Å²) in [5.74, 6) is 0. The van der Waals surface area contributed by atoms with Gasteiger partial charge < -0.3 is 9.84 Å². The average molecular weight is 158 g/mol. The van der Waals surface area contributed by atoms with Crippen molar-refractivity contribution < 1.29 is 9.84 Å². The summed E-state index contributed by atoms with van der Waals surface area (Å²) in [6, 6.07) is 0. The Kier molecular flexibility index (Phi) is 4.55. The first-order valence-corrected chi connectivity index (χ1v) is 4.66. The molecule has 1 aliphatic heterocycles. The maximum absolute atomic E-state index is 8.55. The van der Waals surface area contributed by atoms with Crippen LogP contribution in [0.15, 0.2) is 0 Å². The van der Waals surface area contributed by atoms with Crippen molar-refractivity contribution >= 4 is 0 Å². The quantitative estimate of drug-likeness (QED) is 0.631. The highest BCUT2D eigenvalue weighted by atomic mass is 16.5. The molecule has 1 saturated heterocycles. The molecule has 0 unspecified atom stereocenters. The summed E-state index contributed by atoms with van der Waals surface area (Å²) in [7, 11) is 0. The predicted molar refractivity (Wildman–Crippen MR) is 44.5 cm³/mol. The van der Waals surface area contributed by atoms with Gasteiger partial charge in [-0.3, -0.25) is 0 Å². The molecule has 0 saturated carbocycles. The number of unbranched alkanes of at least 4 members (excludes halogenated alkanes) is 1. The van der Waals surface area contributed by atoms with E-state index in [0.29, 0.717) is 12.7 Å². The molecule has 0 bridgehead atoms. The van der Waals surface area contributed by atoms with Crippen LogP contribution in [0.5, 0.6) is 0 Å². The molecule has 0 aromatic carbocycles. The average Bonchev–Trinajstić information content (AvgIpc) is 2.07. The molecule has 1 heterocycles. The third-order valence-corrected chi connectivity index (χ3v) is 2.21. The second kappa shape index (κ2) is 5.56. The van der Waals surface area contributed by atoms with Gasteiger partial charge in [-0.2, -0.15) is 0 Å². The van der Waals surface area contributed by atoms with Crippen LogP contribution in [0.2, 0.25) is 0 Å². The molecule has 1 fully saturated rings. The lowest BCUT2D eigenvalue weighted by molar-refractivity contribution is 0.00927. The summed E-state index contributed by atoms with van der Waals surface area (Å²) >= 11 is 0. The SMILES string of the molecule is OCCCC[C@@H]1CCCCO1. The second-order valence-electron chi connectivity index (χ2n) is 3.21. The molecule has 1 aliphatic rings. The van der Waals surface area contributed by atoms with Gasteiger partial charge in [0.25, 0.3) is 0 Å². The molecule has 0 radical (unpaired) electrons. The maximum Gasteiger partial charge on any atom is 0.0575 e. The van der Waals surface area contributed by atoms with Crippen LogP contribution in [0, 0.1) is 0 Å². The van der Waals surface area contributed by atoms with Gasteiger partial charge >= 0.3 is 0 Å². The summed E-state index contributed by atoms with van der Waals surface area (Å²) in [5.41, 5.74) is 0. The molecular weight excluding hydrogens is 140 g/mol. The molecule has 0 amide bonds. The Bertz CT molecular complexity index is 87.6. The maximum atomic E-state index is 8.55. The largest absolute Gasteiger partial charge is 0.396 e. The van der Waals surface area contributed by atoms with Crippen LogP contribution < -0.4 is 0 Å². The highest BCUT2D eigenvalue weighted by Gasteiger charge is 2.12. The van der Waals surface area contributed by atoms with Gasteiger partial charge in [0, 0.05) is 13.2 Å². The fourth-order valence-corrected chi connectivity index (χ4v) is 1.52. The Morgan fingerprint density at radius 1 is 1.27 bits per heavy atom. The molecule has 66 valence electrons. The number of rotatable bonds is 4. The van der Waals surface area contributed by atoms with Crippen LogP contribution in [0.4, 0.5) is 0 Å². The van der Waals surface area contributed by atoms with E-state index in [2.05, 4.69) is 0 Å². The molecular formula is C9H18O2. The first kappa shape index (κ1) is 9.01. The molecule has 1 N–H and O–H groups in total. The van der Waals surface area contributed by atoms with Gasteiger partial charge in [0.1, 0.15) is 0 Å². The molecule has 0 spiro atoms. The molecule has 0 aliphatic carbocycles. The van der Waals surface area contributed by atoms with E-state index in [1.54, 1.807) is 0 Å². The van der Waals surface area contributed by atoms with Gasteiger partial charge in [-0.05, 0) is 38.5 Å². The number of aliphatic hydroxyl groups is 1. The van der Waals surface area contributed by atoms with E-state index in [1.807, 2.05) is 0 Å². The summed E-state index contributed by atoms with van der Waals surface area (Å²) in [6.07, 6.45) is 7.46. The standard InChI is InChI=1S/C9H18O2/c10-7-3-1-5-9-6-2-4-8-11-9/h9-10H,1-8H2/t9-/m1/s1. The zero-order valence-corrected chi connectivity index (χ0v) is 7.09. The molecule has 2 heteroatoms. The minimum Gasteiger partial charge on any atom is -0.396 e. The van der Waals surface area contributed by atoms with Crippen LogP contribution in [0.3, 0.4) is 0 Å². The number of aliphatic hydroxyl groups excluding tert-OH is 1. The van der Waals surface area contributed by atoms with Gasteiger partial charge in [0.2, 0.25) is 0 Å². The van der Waals surface area contributed by atoms with Crippen LogP contribution in [-0.4, -0.2) is 24.4 Å². The monoisotopic (exact) mass is 158 g/mol. The van der Waals surface area contributed by atoms with E-state index in [0.717, 1.165) is 25.9 Å². The van der Waals surface area contributed by atoms with Crippen molar-refractivity contribution in [3.63, 3.8) is 0 Å².